The lowest BCUT2D eigenvalue weighted by Gasteiger charge is -2.25. The van der Waals surface area contributed by atoms with E-state index in [2.05, 4.69) is 25.2 Å². The molecule has 2 aromatic heterocycles. The second kappa shape index (κ2) is 4.53. The Hall–Kier alpha value is -1.69. The molecule has 1 saturated heterocycles. The maximum Gasteiger partial charge on any atom is 0.167 e. The predicted molar refractivity (Wildman–Crippen MR) is 68.1 cm³/mol. The Balaban J connectivity index is 2.00. The summed E-state index contributed by atoms with van der Waals surface area (Å²) in [5, 5.41) is 16.1. The van der Waals surface area contributed by atoms with E-state index in [9.17, 15) is 0 Å². The van der Waals surface area contributed by atoms with E-state index in [1.807, 2.05) is 26.4 Å². The molecule has 0 bridgehead atoms. The first kappa shape index (κ1) is 11.4. The van der Waals surface area contributed by atoms with Crippen molar-refractivity contribution in [2.45, 2.75) is 25.8 Å². The maximum atomic E-state index is 4.31. The van der Waals surface area contributed by atoms with E-state index < -0.39 is 0 Å². The number of hydrogen-bond acceptors (Lipinski definition) is 4. The van der Waals surface area contributed by atoms with E-state index in [0.717, 1.165) is 43.1 Å². The van der Waals surface area contributed by atoms with Crippen molar-refractivity contribution >= 4 is 0 Å². The van der Waals surface area contributed by atoms with E-state index in [0.29, 0.717) is 6.04 Å². The fourth-order valence-corrected chi connectivity index (χ4v) is 2.60. The molecule has 1 aliphatic rings. The van der Waals surface area contributed by atoms with Gasteiger partial charge >= 0.3 is 0 Å². The average molecular weight is 246 g/mol. The molecule has 0 radical (unpaired) electrons. The highest BCUT2D eigenvalue weighted by atomic mass is 15.3. The summed E-state index contributed by atoms with van der Waals surface area (Å²) in [6, 6.07) is 0.497. The van der Waals surface area contributed by atoms with Crippen LogP contribution in [0.1, 0.15) is 24.7 Å². The first-order chi connectivity index (χ1) is 8.75. The lowest BCUT2D eigenvalue weighted by Crippen LogP contribution is -2.30. The molecule has 1 aliphatic heterocycles. The Morgan fingerprint density at radius 3 is 2.72 bits per heavy atom. The van der Waals surface area contributed by atoms with E-state index >= 15 is 0 Å². The van der Waals surface area contributed by atoms with Gasteiger partial charge in [0, 0.05) is 19.3 Å². The summed E-state index contributed by atoms with van der Waals surface area (Å²) < 4.78 is 4.06. The summed E-state index contributed by atoms with van der Waals surface area (Å²) in [5.74, 6) is 1.92. The van der Waals surface area contributed by atoms with Gasteiger partial charge in [-0.15, -0.1) is 10.2 Å². The molecule has 2 aromatic rings. The molecule has 1 N–H and O–H groups in total. The number of hydrogen-bond donors (Lipinski definition) is 1. The Morgan fingerprint density at radius 2 is 2.06 bits per heavy atom. The molecule has 96 valence electrons. The summed E-state index contributed by atoms with van der Waals surface area (Å²) >= 11 is 0. The van der Waals surface area contributed by atoms with Gasteiger partial charge in [0.25, 0.3) is 0 Å². The fourth-order valence-electron chi connectivity index (χ4n) is 2.60. The summed E-state index contributed by atoms with van der Waals surface area (Å²) in [5.41, 5.74) is 1.04. The Kier molecular flexibility index (Phi) is 2.87. The van der Waals surface area contributed by atoms with Gasteiger partial charge in [-0.1, -0.05) is 0 Å². The Labute approximate surface area is 106 Å². The zero-order chi connectivity index (χ0) is 12.5. The number of rotatable bonds is 2. The van der Waals surface area contributed by atoms with Gasteiger partial charge in [0.1, 0.15) is 5.82 Å². The molecule has 18 heavy (non-hydrogen) atoms. The van der Waals surface area contributed by atoms with E-state index in [-0.39, 0.29) is 0 Å². The van der Waals surface area contributed by atoms with Crippen LogP contribution in [0, 0.1) is 6.92 Å². The van der Waals surface area contributed by atoms with Crippen molar-refractivity contribution < 1.29 is 0 Å². The first-order valence-electron chi connectivity index (χ1n) is 6.37. The van der Waals surface area contributed by atoms with Gasteiger partial charge in [-0.05, 0) is 32.9 Å². The topological polar surface area (TPSA) is 60.6 Å². The van der Waals surface area contributed by atoms with Gasteiger partial charge in [0.15, 0.2) is 5.82 Å². The minimum absolute atomic E-state index is 0.497. The van der Waals surface area contributed by atoms with Gasteiger partial charge in [-0.25, -0.2) is 0 Å². The Morgan fingerprint density at radius 1 is 1.28 bits per heavy atom. The molecule has 0 aromatic carbocycles. The molecular formula is C12H18N6. The third-order valence-corrected chi connectivity index (χ3v) is 3.50. The third-order valence-electron chi connectivity index (χ3n) is 3.50. The molecule has 3 rings (SSSR count). The van der Waals surface area contributed by atoms with Crippen molar-refractivity contribution in [3.05, 3.63) is 18.2 Å². The number of nitrogens with zero attached hydrogens (tertiary/aromatic N) is 5. The largest absolute Gasteiger partial charge is 0.317 e. The van der Waals surface area contributed by atoms with E-state index in [1.54, 1.807) is 4.68 Å². The molecule has 0 atom stereocenters. The van der Waals surface area contributed by atoms with Gasteiger partial charge in [0.2, 0.25) is 0 Å². The molecule has 1 fully saturated rings. The van der Waals surface area contributed by atoms with E-state index in [4.69, 9.17) is 0 Å². The van der Waals surface area contributed by atoms with Crippen LogP contribution in [-0.4, -0.2) is 37.6 Å². The van der Waals surface area contributed by atoms with Crippen LogP contribution in [0.15, 0.2) is 12.4 Å². The second-order valence-corrected chi connectivity index (χ2v) is 4.82. The maximum absolute atomic E-state index is 4.31. The number of nitrogens with one attached hydrogen (secondary N) is 1. The third kappa shape index (κ3) is 1.92. The summed E-state index contributed by atoms with van der Waals surface area (Å²) in [6.07, 6.45) is 6.10. The minimum atomic E-state index is 0.497. The van der Waals surface area contributed by atoms with Crippen molar-refractivity contribution in [2.24, 2.45) is 7.05 Å². The molecule has 0 saturated carbocycles. The van der Waals surface area contributed by atoms with Crippen LogP contribution in [0.2, 0.25) is 0 Å². The highest BCUT2D eigenvalue weighted by molar-refractivity contribution is 5.52. The van der Waals surface area contributed by atoms with Crippen LogP contribution >= 0.6 is 0 Å². The van der Waals surface area contributed by atoms with Crippen molar-refractivity contribution in [2.75, 3.05) is 13.1 Å². The van der Waals surface area contributed by atoms with Crippen molar-refractivity contribution in [3.63, 3.8) is 0 Å². The predicted octanol–water partition coefficient (Wildman–Crippen LogP) is 0.912. The number of aryl methyl sites for hydroxylation is 2. The first-order valence-corrected chi connectivity index (χ1v) is 6.37. The Bertz CT molecular complexity index is 535. The summed E-state index contributed by atoms with van der Waals surface area (Å²) in [7, 11) is 1.92. The van der Waals surface area contributed by atoms with Gasteiger partial charge in [-0.2, -0.15) is 5.10 Å². The molecule has 6 heteroatoms. The van der Waals surface area contributed by atoms with Crippen molar-refractivity contribution in [3.8, 4) is 11.4 Å². The summed E-state index contributed by atoms with van der Waals surface area (Å²) in [6.45, 7) is 4.15. The molecule has 6 nitrogen and oxygen atoms in total. The van der Waals surface area contributed by atoms with Gasteiger partial charge < -0.3 is 9.88 Å². The molecule has 0 aliphatic carbocycles. The smallest absolute Gasteiger partial charge is 0.167 e. The zero-order valence-electron chi connectivity index (χ0n) is 10.8. The summed E-state index contributed by atoms with van der Waals surface area (Å²) in [4.78, 5) is 0. The molecule has 0 unspecified atom stereocenters. The van der Waals surface area contributed by atoms with Crippen LogP contribution in [0.25, 0.3) is 11.4 Å². The molecule has 3 heterocycles. The fraction of sp³-hybridized carbons (Fsp3) is 0.583. The lowest BCUT2D eigenvalue weighted by atomic mass is 10.1. The van der Waals surface area contributed by atoms with Crippen LogP contribution in [0.3, 0.4) is 0 Å². The SMILES string of the molecule is Cc1nnc(-c2cnn(C)c2)n1C1CCNCC1. The highest BCUT2D eigenvalue weighted by Crippen LogP contribution is 2.26. The number of aromatic nitrogens is 5. The second-order valence-electron chi connectivity index (χ2n) is 4.82. The molecular weight excluding hydrogens is 228 g/mol. The van der Waals surface area contributed by atoms with Crippen molar-refractivity contribution in [1.29, 1.82) is 0 Å². The van der Waals surface area contributed by atoms with Crippen LogP contribution in [-0.2, 0) is 7.05 Å². The van der Waals surface area contributed by atoms with Crippen molar-refractivity contribution in [1.82, 2.24) is 29.9 Å². The normalized spacial score (nSPS) is 17.2. The quantitative estimate of drug-likeness (QED) is 0.855. The van der Waals surface area contributed by atoms with E-state index in [1.165, 1.54) is 0 Å². The van der Waals surface area contributed by atoms with Crippen LogP contribution in [0.4, 0.5) is 0 Å². The van der Waals surface area contributed by atoms with Crippen LogP contribution in [0.5, 0.6) is 0 Å². The monoisotopic (exact) mass is 246 g/mol. The average Bonchev–Trinajstić information content (AvgIpc) is 2.96. The number of piperidine rings is 1. The van der Waals surface area contributed by atoms with Gasteiger partial charge in [0.05, 0.1) is 11.8 Å². The highest BCUT2D eigenvalue weighted by Gasteiger charge is 2.22. The zero-order valence-corrected chi connectivity index (χ0v) is 10.8. The van der Waals surface area contributed by atoms with Crippen LogP contribution < -0.4 is 5.32 Å². The lowest BCUT2D eigenvalue weighted by molar-refractivity contribution is 0.365. The molecule has 0 spiro atoms. The van der Waals surface area contributed by atoms with Gasteiger partial charge in [-0.3, -0.25) is 4.68 Å². The standard InChI is InChI=1S/C12H18N6/c1-9-15-16-12(10-7-14-17(2)8-10)18(9)11-3-5-13-6-4-11/h7-8,11,13H,3-6H2,1-2H3. The molecule has 0 amide bonds. The minimum Gasteiger partial charge on any atom is -0.317 e.